The van der Waals surface area contributed by atoms with Crippen LogP contribution in [0.1, 0.15) is 12.5 Å². The number of benzene rings is 1. The molecule has 0 aliphatic carbocycles. The Morgan fingerprint density at radius 3 is 2.65 bits per heavy atom. The summed E-state index contributed by atoms with van der Waals surface area (Å²) >= 11 is 0. The SMILES string of the molecule is CCN(C)C(=O)Nc1cc(C)ccc1B(O)O. The molecule has 0 radical (unpaired) electrons. The molecule has 6 heteroatoms. The van der Waals surface area contributed by atoms with Crippen LogP contribution in [0.15, 0.2) is 18.2 Å². The highest BCUT2D eigenvalue weighted by Crippen LogP contribution is 2.09. The van der Waals surface area contributed by atoms with Gasteiger partial charge in [0.1, 0.15) is 0 Å². The van der Waals surface area contributed by atoms with Gasteiger partial charge in [0.15, 0.2) is 0 Å². The van der Waals surface area contributed by atoms with Crippen molar-refractivity contribution in [2.24, 2.45) is 0 Å². The summed E-state index contributed by atoms with van der Waals surface area (Å²) < 4.78 is 0. The summed E-state index contributed by atoms with van der Waals surface area (Å²) in [6.45, 7) is 4.30. The first-order valence-electron chi connectivity index (χ1n) is 5.44. The van der Waals surface area contributed by atoms with E-state index >= 15 is 0 Å². The summed E-state index contributed by atoms with van der Waals surface area (Å²) in [6.07, 6.45) is 0. The van der Waals surface area contributed by atoms with Gasteiger partial charge in [0.05, 0.1) is 0 Å². The quantitative estimate of drug-likeness (QED) is 0.654. The van der Waals surface area contributed by atoms with Crippen LogP contribution in [0.3, 0.4) is 0 Å². The summed E-state index contributed by atoms with van der Waals surface area (Å²) in [5.41, 5.74) is 1.64. The first kappa shape index (κ1) is 13.5. The number of nitrogens with zero attached hydrogens (tertiary/aromatic N) is 1. The number of hydrogen-bond acceptors (Lipinski definition) is 3. The van der Waals surface area contributed by atoms with Crippen LogP contribution in [0.25, 0.3) is 0 Å². The Balaban J connectivity index is 2.96. The second-order valence-corrected chi connectivity index (χ2v) is 3.91. The van der Waals surface area contributed by atoms with Gasteiger partial charge >= 0.3 is 13.1 Å². The van der Waals surface area contributed by atoms with Crippen molar-refractivity contribution in [1.29, 1.82) is 0 Å². The van der Waals surface area contributed by atoms with Crippen LogP contribution in [0.4, 0.5) is 10.5 Å². The lowest BCUT2D eigenvalue weighted by atomic mass is 9.78. The predicted molar refractivity (Wildman–Crippen MR) is 68.3 cm³/mol. The zero-order chi connectivity index (χ0) is 13.0. The first-order valence-corrected chi connectivity index (χ1v) is 5.44. The highest BCUT2D eigenvalue weighted by atomic mass is 16.4. The third-order valence-corrected chi connectivity index (χ3v) is 2.55. The van der Waals surface area contributed by atoms with Gasteiger partial charge in [0, 0.05) is 24.7 Å². The average Bonchev–Trinajstić information content (AvgIpc) is 2.27. The van der Waals surface area contributed by atoms with Crippen molar-refractivity contribution >= 4 is 24.3 Å². The smallest absolute Gasteiger partial charge is 0.423 e. The largest absolute Gasteiger partial charge is 0.490 e. The number of rotatable bonds is 3. The van der Waals surface area contributed by atoms with Gasteiger partial charge in [-0.2, -0.15) is 0 Å². The van der Waals surface area contributed by atoms with Crippen LogP contribution in [0.5, 0.6) is 0 Å². The maximum absolute atomic E-state index is 11.7. The lowest BCUT2D eigenvalue weighted by molar-refractivity contribution is 0.224. The van der Waals surface area contributed by atoms with Crippen molar-refractivity contribution in [3.05, 3.63) is 23.8 Å². The topological polar surface area (TPSA) is 72.8 Å². The molecule has 0 aromatic heterocycles. The fourth-order valence-corrected chi connectivity index (χ4v) is 1.36. The van der Waals surface area contributed by atoms with Crippen LogP contribution in [-0.4, -0.2) is 41.7 Å². The molecule has 0 unspecified atom stereocenters. The summed E-state index contributed by atoms with van der Waals surface area (Å²) in [7, 11) is 0.0676. The molecule has 1 rings (SSSR count). The highest BCUT2D eigenvalue weighted by molar-refractivity contribution is 6.60. The molecule has 0 fully saturated rings. The number of carbonyl (C=O) groups is 1. The molecular formula is C11H17BN2O3. The van der Waals surface area contributed by atoms with Crippen molar-refractivity contribution in [1.82, 2.24) is 4.90 Å². The summed E-state index contributed by atoms with van der Waals surface area (Å²) in [5, 5.41) is 21.0. The molecule has 0 bridgehead atoms. The Morgan fingerprint density at radius 1 is 1.47 bits per heavy atom. The van der Waals surface area contributed by atoms with Crippen LogP contribution in [0, 0.1) is 6.92 Å². The second kappa shape index (κ2) is 5.70. The molecule has 17 heavy (non-hydrogen) atoms. The van der Waals surface area contributed by atoms with E-state index in [1.165, 1.54) is 4.90 Å². The van der Waals surface area contributed by atoms with Gasteiger partial charge in [-0.25, -0.2) is 4.79 Å². The van der Waals surface area contributed by atoms with E-state index in [-0.39, 0.29) is 11.5 Å². The van der Waals surface area contributed by atoms with Crippen molar-refractivity contribution in [2.75, 3.05) is 18.9 Å². The molecule has 0 spiro atoms. The van der Waals surface area contributed by atoms with Crippen LogP contribution < -0.4 is 10.8 Å². The van der Waals surface area contributed by atoms with E-state index in [2.05, 4.69) is 5.32 Å². The molecule has 1 aromatic carbocycles. The van der Waals surface area contributed by atoms with Crippen molar-refractivity contribution in [3.8, 4) is 0 Å². The number of aryl methyl sites for hydroxylation is 1. The maximum atomic E-state index is 11.7. The Bertz CT molecular complexity index is 410. The average molecular weight is 236 g/mol. The molecule has 3 N–H and O–H groups in total. The Labute approximate surface area is 101 Å². The molecule has 92 valence electrons. The fourth-order valence-electron chi connectivity index (χ4n) is 1.36. The van der Waals surface area contributed by atoms with Gasteiger partial charge in [-0.3, -0.25) is 0 Å². The summed E-state index contributed by atoms with van der Waals surface area (Å²) in [4.78, 5) is 13.2. The molecule has 0 atom stereocenters. The number of amides is 2. The van der Waals surface area contributed by atoms with E-state index < -0.39 is 7.12 Å². The first-order chi connectivity index (χ1) is 7.95. The molecule has 0 aliphatic heterocycles. The molecule has 0 saturated heterocycles. The lowest BCUT2D eigenvalue weighted by Crippen LogP contribution is -2.37. The maximum Gasteiger partial charge on any atom is 0.490 e. The standard InChI is InChI=1S/C11H17BN2O3/c1-4-14(3)11(15)13-10-7-8(2)5-6-9(10)12(16)17/h5-7,16-17H,4H2,1-3H3,(H,13,15). The molecule has 1 aromatic rings. The molecule has 2 amide bonds. The van der Waals surface area contributed by atoms with E-state index in [1.807, 2.05) is 13.8 Å². The Kier molecular flexibility index (Phi) is 4.54. The molecule has 0 aliphatic rings. The van der Waals surface area contributed by atoms with Gasteiger partial charge in [-0.15, -0.1) is 0 Å². The normalized spacial score (nSPS) is 9.94. The Hall–Kier alpha value is -1.53. The van der Waals surface area contributed by atoms with Crippen LogP contribution >= 0.6 is 0 Å². The monoisotopic (exact) mass is 236 g/mol. The zero-order valence-electron chi connectivity index (χ0n) is 10.3. The molecule has 5 nitrogen and oxygen atoms in total. The van der Waals surface area contributed by atoms with E-state index in [4.69, 9.17) is 0 Å². The highest BCUT2D eigenvalue weighted by Gasteiger charge is 2.18. The number of carbonyl (C=O) groups excluding carboxylic acids is 1. The van der Waals surface area contributed by atoms with E-state index in [9.17, 15) is 14.8 Å². The van der Waals surface area contributed by atoms with Crippen LogP contribution in [-0.2, 0) is 0 Å². The number of nitrogens with one attached hydrogen (secondary N) is 1. The number of anilines is 1. The van der Waals surface area contributed by atoms with E-state index in [1.54, 1.807) is 25.2 Å². The third-order valence-electron chi connectivity index (χ3n) is 2.55. The van der Waals surface area contributed by atoms with Crippen molar-refractivity contribution in [2.45, 2.75) is 13.8 Å². The van der Waals surface area contributed by atoms with Gasteiger partial charge in [-0.1, -0.05) is 12.1 Å². The molecular weight excluding hydrogens is 219 g/mol. The number of urea groups is 1. The fraction of sp³-hybridized carbons (Fsp3) is 0.364. The van der Waals surface area contributed by atoms with Crippen molar-refractivity contribution in [3.63, 3.8) is 0 Å². The van der Waals surface area contributed by atoms with Gasteiger partial charge in [-0.05, 0) is 25.5 Å². The summed E-state index contributed by atoms with van der Waals surface area (Å²) in [5.74, 6) is 0. The predicted octanol–water partition coefficient (Wildman–Crippen LogP) is 0.158. The summed E-state index contributed by atoms with van der Waals surface area (Å²) in [6, 6.07) is 4.77. The van der Waals surface area contributed by atoms with E-state index in [0.29, 0.717) is 12.2 Å². The van der Waals surface area contributed by atoms with Gasteiger partial charge in [0.2, 0.25) is 0 Å². The van der Waals surface area contributed by atoms with Gasteiger partial charge in [0.25, 0.3) is 0 Å². The van der Waals surface area contributed by atoms with E-state index in [0.717, 1.165) is 5.56 Å². The van der Waals surface area contributed by atoms with Gasteiger partial charge < -0.3 is 20.3 Å². The molecule has 0 saturated carbocycles. The van der Waals surface area contributed by atoms with Crippen molar-refractivity contribution < 1.29 is 14.8 Å². The number of hydrogen-bond donors (Lipinski definition) is 3. The zero-order valence-corrected chi connectivity index (χ0v) is 10.3. The minimum absolute atomic E-state index is 0.278. The minimum atomic E-state index is -1.60. The third kappa shape index (κ3) is 3.47. The van der Waals surface area contributed by atoms with Crippen LogP contribution in [0.2, 0.25) is 0 Å². The molecule has 0 heterocycles. The minimum Gasteiger partial charge on any atom is -0.423 e. The lowest BCUT2D eigenvalue weighted by Gasteiger charge is -2.17. The second-order valence-electron chi connectivity index (χ2n) is 3.91. The Morgan fingerprint density at radius 2 is 2.12 bits per heavy atom.